The van der Waals surface area contributed by atoms with Gasteiger partial charge in [0.25, 0.3) is 0 Å². The topological polar surface area (TPSA) is 25.2 Å². The second kappa shape index (κ2) is 11.4. The van der Waals surface area contributed by atoms with Gasteiger partial charge >= 0.3 is 0 Å². The zero-order chi connectivity index (χ0) is 24.8. The molecule has 0 aliphatic carbocycles. The molecule has 3 aromatic carbocycles. The summed E-state index contributed by atoms with van der Waals surface area (Å²) in [7, 11) is 0. The number of nitrogens with zero attached hydrogens (tertiary/aromatic N) is 2. The van der Waals surface area contributed by atoms with Crippen LogP contribution < -0.4 is 0 Å². The van der Waals surface area contributed by atoms with Crippen LogP contribution >= 0.6 is 0 Å². The second-order valence-electron chi connectivity index (χ2n) is 9.77. The number of carbonyl (C=O) groups excluding carboxylic acids is 1. The maximum atomic E-state index is 13.6. The molecular formula is C32H38N2O. The first-order valence-electron chi connectivity index (χ1n) is 13.0. The van der Waals surface area contributed by atoms with Crippen LogP contribution in [0, 0.1) is 13.8 Å². The molecule has 0 spiro atoms. The molecule has 0 saturated heterocycles. The van der Waals surface area contributed by atoms with E-state index < -0.39 is 0 Å². The molecule has 3 heteroatoms. The molecule has 1 heterocycles. The van der Waals surface area contributed by atoms with Crippen LogP contribution in [0.15, 0.2) is 79.0 Å². The summed E-state index contributed by atoms with van der Waals surface area (Å²) in [6, 6.07) is 26.0. The van der Waals surface area contributed by atoms with Crippen LogP contribution in [-0.2, 0) is 11.3 Å². The molecule has 1 unspecified atom stereocenters. The number of rotatable bonds is 10. The van der Waals surface area contributed by atoms with Crippen LogP contribution in [0.1, 0.15) is 66.8 Å². The molecular weight excluding hydrogens is 428 g/mol. The van der Waals surface area contributed by atoms with Gasteiger partial charge in [-0.05, 0) is 49.4 Å². The monoisotopic (exact) mass is 466 g/mol. The summed E-state index contributed by atoms with van der Waals surface area (Å²) in [6.45, 7) is 11.0. The molecule has 0 bridgehead atoms. The van der Waals surface area contributed by atoms with Gasteiger partial charge < -0.3 is 9.47 Å². The molecule has 0 saturated carbocycles. The number of hydrogen-bond acceptors (Lipinski definition) is 1. The number of hydrogen-bond donors (Lipinski definition) is 0. The Morgan fingerprint density at radius 1 is 0.857 bits per heavy atom. The normalized spacial score (nSPS) is 12.1. The second-order valence-corrected chi connectivity index (χ2v) is 9.77. The first-order valence-corrected chi connectivity index (χ1v) is 13.0. The molecule has 0 N–H and O–H groups in total. The maximum absolute atomic E-state index is 13.6. The lowest BCUT2D eigenvalue weighted by atomic mass is 9.87. The molecule has 35 heavy (non-hydrogen) atoms. The summed E-state index contributed by atoms with van der Waals surface area (Å²) in [5.41, 5.74) is 7.44. The maximum Gasteiger partial charge on any atom is 0.223 e. The van der Waals surface area contributed by atoms with Gasteiger partial charge in [-0.15, -0.1) is 0 Å². The third kappa shape index (κ3) is 5.85. The van der Waals surface area contributed by atoms with Crippen molar-refractivity contribution in [2.75, 3.05) is 13.1 Å². The van der Waals surface area contributed by atoms with E-state index in [-0.39, 0.29) is 11.8 Å². The third-order valence-electron chi connectivity index (χ3n) is 6.83. The third-order valence-corrected chi connectivity index (χ3v) is 6.83. The fourth-order valence-corrected chi connectivity index (χ4v) is 5.07. The zero-order valence-electron chi connectivity index (χ0n) is 21.6. The van der Waals surface area contributed by atoms with E-state index in [0.717, 1.165) is 32.5 Å². The van der Waals surface area contributed by atoms with Gasteiger partial charge in [0.15, 0.2) is 0 Å². The van der Waals surface area contributed by atoms with Crippen molar-refractivity contribution in [1.29, 1.82) is 0 Å². The highest BCUT2D eigenvalue weighted by Gasteiger charge is 2.25. The highest BCUT2D eigenvalue weighted by molar-refractivity contribution is 5.87. The molecule has 1 amide bonds. The molecule has 3 nitrogen and oxygen atoms in total. The van der Waals surface area contributed by atoms with Crippen molar-refractivity contribution in [2.45, 2.75) is 59.4 Å². The Morgan fingerprint density at radius 3 is 2.26 bits per heavy atom. The van der Waals surface area contributed by atoms with E-state index in [1.807, 2.05) is 4.90 Å². The minimum Gasteiger partial charge on any atom is -0.343 e. The van der Waals surface area contributed by atoms with Crippen molar-refractivity contribution >= 4 is 16.8 Å². The quantitative estimate of drug-likeness (QED) is 0.238. The lowest BCUT2D eigenvalue weighted by Gasteiger charge is -2.25. The summed E-state index contributed by atoms with van der Waals surface area (Å²) in [5.74, 6) is 0.262. The summed E-state index contributed by atoms with van der Waals surface area (Å²) >= 11 is 0. The summed E-state index contributed by atoms with van der Waals surface area (Å²) in [5, 5.41) is 1.23. The van der Waals surface area contributed by atoms with Crippen molar-refractivity contribution < 1.29 is 4.79 Å². The van der Waals surface area contributed by atoms with Crippen molar-refractivity contribution in [3.8, 4) is 0 Å². The van der Waals surface area contributed by atoms with Gasteiger partial charge in [-0.1, -0.05) is 91.7 Å². The SMILES string of the molecule is CCCN(CCC)C(=O)CC(c1cccc(C)c1)c1cn(Cc2ccc(C)cc2)c2ccccc12. The molecule has 0 aliphatic heterocycles. The lowest BCUT2D eigenvalue weighted by Crippen LogP contribution is -2.33. The van der Waals surface area contributed by atoms with Gasteiger partial charge in [0, 0.05) is 49.1 Å². The van der Waals surface area contributed by atoms with Crippen LogP contribution in [-0.4, -0.2) is 28.5 Å². The average Bonchev–Trinajstić information content (AvgIpc) is 3.21. The van der Waals surface area contributed by atoms with Crippen LogP contribution in [0.3, 0.4) is 0 Å². The molecule has 4 rings (SSSR count). The summed E-state index contributed by atoms with van der Waals surface area (Å²) in [6.07, 6.45) is 4.74. The minimum atomic E-state index is 0.0165. The number of aryl methyl sites for hydroxylation is 2. The van der Waals surface area contributed by atoms with Gasteiger partial charge in [0.2, 0.25) is 5.91 Å². The molecule has 1 aromatic heterocycles. The van der Waals surface area contributed by atoms with Crippen LogP contribution in [0.2, 0.25) is 0 Å². The van der Waals surface area contributed by atoms with Crippen molar-refractivity contribution in [3.05, 3.63) is 107 Å². The highest BCUT2D eigenvalue weighted by atomic mass is 16.2. The first-order chi connectivity index (χ1) is 17.0. The first kappa shape index (κ1) is 24.8. The molecule has 4 aromatic rings. The van der Waals surface area contributed by atoms with E-state index in [9.17, 15) is 4.79 Å². The van der Waals surface area contributed by atoms with Gasteiger partial charge in [-0.2, -0.15) is 0 Å². The Morgan fingerprint density at radius 2 is 1.57 bits per heavy atom. The Kier molecular flexibility index (Phi) is 8.07. The number of benzene rings is 3. The Balaban J connectivity index is 1.78. The largest absolute Gasteiger partial charge is 0.343 e. The number of amides is 1. The molecule has 0 fully saturated rings. The van der Waals surface area contributed by atoms with Gasteiger partial charge in [-0.25, -0.2) is 0 Å². The Labute approximate surface area is 210 Å². The van der Waals surface area contributed by atoms with Crippen LogP contribution in [0.5, 0.6) is 0 Å². The van der Waals surface area contributed by atoms with E-state index in [1.54, 1.807) is 0 Å². The fraction of sp³-hybridized carbons (Fsp3) is 0.344. The average molecular weight is 467 g/mol. The number of fused-ring (bicyclic) bond motifs is 1. The van der Waals surface area contributed by atoms with E-state index in [2.05, 4.69) is 111 Å². The van der Waals surface area contributed by atoms with E-state index >= 15 is 0 Å². The van der Waals surface area contributed by atoms with Crippen molar-refractivity contribution in [2.24, 2.45) is 0 Å². The van der Waals surface area contributed by atoms with Crippen LogP contribution in [0.25, 0.3) is 10.9 Å². The van der Waals surface area contributed by atoms with Gasteiger partial charge in [0.05, 0.1) is 0 Å². The Hall–Kier alpha value is -3.33. The van der Waals surface area contributed by atoms with Gasteiger partial charge in [-0.3, -0.25) is 4.79 Å². The van der Waals surface area contributed by atoms with Gasteiger partial charge in [0.1, 0.15) is 0 Å². The molecule has 182 valence electrons. The number of aromatic nitrogens is 1. The van der Waals surface area contributed by atoms with E-state index in [0.29, 0.717) is 6.42 Å². The Bertz CT molecular complexity index is 1260. The van der Waals surface area contributed by atoms with E-state index in [4.69, 9.17) is 0 Å². The molecule has 0 aliphatic rings. The minimum absolute atomic E-state index is 0.0165. The molecule has 1 atom stereocenters. The van der Waals surface area contributed by atoms with E-state index in [1.165, 1.54) is 38.7 Å². The fourth-order valence-electron chi connectivity index (χ4n) is 5.07. The van der Waals surface area contributed by atoms with Crippen molar-refractivity contribution in [1.82, 2.24) is 9.47 Å². The zero-order valence-corrected chi connectivity index (χ0v) is 21.6. The predicted molar refractivity (Wildman–Crippen MR) is 147 cm³/mol. The summed E-state index contributed by atoms with van der Waals surface area (Å²) < 4.78 is 2.35. The lowest BCUT2D eigenvalue weighted by molar-refractivity contribution is -0.131. The van der Waals surface area contributed by atoms with Crippen molar-refractivity contribution in [3.63, 3.8) is 0 Å². The molecule has 0 radical (unpaired) electrons. The van der Waals surface area contributed by atoms with Crippen LogP contribution in [0.4, 0.5) is 0 Å². The smallest absolute Gasteiger partial charge is 0.223 e. The highest BCUT2D eigenvalue weighted by Crippen LogP contribution is 2.36. The standard InChI is InChI=1S/C32H38N2O/c1-5-18-33(19-6-2)32(35)21-29(27-11-9-10-25(4)20-27)30-23-34(31-13-8-7-12-28(30)31)22-26-16-14-24(3)15-17-26/h7-17,20,23,29H,5-6,18-19,21-22H2,1-4H3. The number of carbonyl (C=O) groups is 1. The predicted octanol–water partition coefficient (Wildman–Crippen LogP) is 7.48. The summed E-state index contributed by atoms with van der Waals surface area (Å²) in [4.78, 5) is 15.6. The number of para-hydroxylation sites is 1.